The first-order chi connectivity index (χ1) is 10.1. The Morgan fingerprint density at radius 3 is 2.33 bits per heavy atom. The fourth-order valence-corrected chi connectivity index (χ4v) is 3.49. The lowest BCUT2D eigenvalue weighted by molar-refractivity contribution is -0.148. The first-order valence-electron chi connectivity index (χ1n) is 8.31. The summed E-state index contributed by atoms with van der Waals surface area (Å²) in [5.41, 5.74) is 0. The van der Waals surface area contributed by atoms with Crippen LogP contribution in [0.15, 0.2) is 0 Å². The summed E-state index contributed by atoms with van der Waals surface area (Å²) in [6, 6.07) is 0. The highest BCUT2D eigenvalue weighted by Gasteiger charge is 2.35. The maximum Gasteiger partial charge on any atom is 0.307 e. The highest BCUT2D eigenvalue weighted by Crippen LogP contribution is 2.30. The molecule has 120 valence electrons. The molecule has 21 heavy (non-hydrogen) atoms. The zero-order valence-corrected chi connectivity index (χ0v) is 13.0. The molecule has 1 amide bonds. The Kier molecular flexibility index (Phi) is 6.03. The van der Waals surface area contributed by atoms with E-state index in [9.17, 15) is 14.7 Å². The van der Waals surface area contributed by atoms with Gasteiger partial charge in [-0.15, -0.1) is 0 Å². The largest absolute Gasteiger partial charge is 0.481 e. The second-order valence-corrected chi connectivity index (χ2v) is 6.65. The number of piperidine rings is 1. The second kappa shape index (κ2) is 7.78. The average molecular weight is 296 g/mol. The lowest BCUT2D eigenvalue weighted by Gasteiger charge is -2.31. The molecule has 2 unspecified atom stereocenters. The summed E-state index contributed by atoms with van der Waals surface area (Å²) >= 11 is 0. The van der Waals surface area contributed by atoms with Crippen LogP contribution < -0.4 is 5.32 Å². The Hall–Kier alpha value is -1.10. The number of carbonyl (C=O) groups excluding carboxylic acids is 1. The molecule has 2 rings (SSSR count). The highest BCUT2D eigenvalue weighted by atomic mass is 16.4. The number of carbonyl (C=O) groups is 2. The van der Waals surface area contributed by atoms with Gasteiger partial charge >= 0.3 is 5.97 Å². The van der Waals surface area contributed by atoms with Gasteiger partial charge in [-0.2, -0.15) is 0 Å². The quantitative estimate of drug-likeness (QED) is 0.810. The number of nitrogens with zero attached hydrogens (tertiary/aromatic N) is 1. The summed E-state index contributed by atoms with van der Waals surface area (Å²) < 4.78 is 0. The van der Waals surface area contributed by atoms with E-state index in [1.165, 1.54) is 12.8 Å². The molecule has 2 atom stereocenters. The van der Waals surface area contributed by atoms with Crippen LogP contribution in [0.1, 0.15) is 45.4 Å². The van der Waals surface area contributed by atoms with Crippen LogP contribution in [0.25, 0.3) is 0 Å². The first kappa shape index (κ1) is 16.3. The van der Waals surface area contributed by atoms with Crippen molar-refractivity contribution < 1.29 is 14.7 Å². The number of nitrogens with one attached hydrogen (secondary N) is 1. The minimum Gasteiger partial charge on any atom is -0.481 e. The molecule has 2 aliphatic rings. The van der Waals surface area contributed by atoms with Crippen molar-refractivity contribution in [1.29, 1.82) is 0 Å². The minimum absolute atomic E-state index is 0.0625. The number of carboxylic acids is 1. The summed E-state index contributed by atoms with van der Waals surface area (Å²) in [6.07, 6.45) is 5.70. The monoisotopic (exact) mass is 296 g/mol. The summed E-state index contributed by atoms with van der Waals surface area (Å²) in [4.78, 5) is 25.8. The van der Waals surface area contributed by atoms with Crippen LogP contribution in [0.2, 0.25) is 0 Å². The van der Waals surface area contributed by atoms with E-state index in [2.05, 4.69) is 17.1 Å². The summed E-state index contributed by atoms with van der Waals surface area (Å²) in [5, 5.41) is 12.2. The molecule has 1 aliphatic carbocycles. The smallest absolute Gasteiger partial charge is 0.307 e. The van der Waals surface area contributed by atoms with E-state index < -0.39 is 11.9 Å². The second-order valence-electron chi connectivity index (χ2n) is 6.65. The molecule has 1 aliphatic heterocycles. The van der Waals surface area contributed by atoms with Gasteiger partial charge in [0.05, 0.1) is 11.8 Å². The Morgan fingerprint density at radius 2 is 1.71 bits per heavy atom. The van der Waals surface area contributed by atoms with Crippen LogP contribution in [0, 0.1) is 17.8 Å². The van der Waals surface area contributed by atoms with Crippen molar-refractivity contribution >= 4 is 11.9 Å². The maximum absolute atomic E-state index is 12.2. The molecule has 0 bridgehead atoms. The summed E-state index contributed by atoms with van der Waals surface area (Å²) in [5.74, 6) is -0.894. The normalized spacial score (nSPS) is 28.2. The lowest BCUT2D eigenvalue weighted by atomic mass is 9.79. The molecular formula is C16H28N2O3. The van der Waals surface area contributed by atoms with Gasteiger partial charge in [0.2, 0.25) is 5.91 Å². The molecule has 0 aromatic rings. The topological polar surface area (TPSA) is 69.6 Å². The molecule has 0 radical (unpaired) electrons. The number of amides is 1. The van der Waals surface area contributed by atoms with Gasteiger partial charge in [0.25, 0.3) is 0 Å². The van der Waals surface area contributed by atoms with Gasteiger partial charge in [0, 0.05) is 13.1 Å². The highest BCUT2D eigenvalue weighted by molar-refractivity contribution is 5.84. The number of aliphatic carboxylic acids is 1. The van der Waals surface area contributed by atoms with Crippen molar-refractivity contribution in [2.45, 2.75) is 45.4 Å². The third kappa shape index (κ3) is 4.70. The fourth-order valence-electron chi connectivity index (χ4n) is 3.49. The molecule has 1 heterocycles. The average Bonchev–Trinajstić information content (AvgIpc) is 2.49. The molecule has 1 saturated carbocycles. The number of carboxylic acid groups (broad SMARTS) is 1. The molecular weight excluding hydrogens is 268 g/mol. The van der Waals surface area contributed by atoms with Gasteiger partial charge in [-0.3, -0.25) is 9.59 Å². The van der Waals surface area contributed by atoms with Crippen LogP contribution in [-0.4, -0.2) is 48.1 Å². The van der Waals surface area contributed by atoms with Crippen molar-refractivity contribution in [3.63, 3.8) is 0 Å². The van der Waals surface area contributed by atoms with E-state index in [1.54, 1.807) is 0 Å². The van der Waals surface area contributed by atoms with Crippen molar-refractivity contribution in [3.05, 3.63) is 0 Å². The van der Waals surface area contributed by atoms with Gasteiger partial charge < -0.3 is 15.3 Å². The van der Waals surface area contributed by atoms with Crippen LogP contribution in [-0.2, 0) is 9.59 Å². The molecule has 5 nitrogen and oxygen atoms in total. The van der Waals surface area contributed by atoms with Gasteiger partial charge in [-0.1, -0.05) is 19.8 Å². The Labute approximate surface area is 127 Å². The van der Waals surface area contributed by atoms with E-state index in [0.29, 0.717) is 19.4 Å². The van der Waals surface area contributed by atoms with Crippen molar-refractivity contribution in [1.82, 2.24) is 10.2 Å². The number of hydrogen-bond donors (Lipinski definition) is 2. The molecule has 2 fully saturated rings. The van der Waals surface area contributed by atoms with Crippen LogP contribution in [0.3, 0.4) is 0 Å². The van der Waals surface area contributed by atoms with E-state index in [1.807, 2.05) is 0 Å². The van der Waals surface area contributed by atoms with Gasteiger partial charge in [-0.05, 0) is 44.7 Å². The lowest BCUT2D eigenvalue weighted by Crippen LogP contribution is -2.43. The maximum atomic E-state index is 12.2. The zero-order chi connectivity index (χ0) is 15.2. The Morgan fingerprint density at radius 1 is 1.10 bits per heavy atom. The molecule has 0 spiro atoms. The molecule has 2 N–H and O–H groups in total. The predicted molar refractivity (Wildman–Crippen MR) is 80.9 cm³/mol. The SMILES string of the molecule is CC1CCN(CCNC(=O)C2CCCCC2C(=O)O)CC1. The van der Waals surface area contributed by atoms with Crippen molar-refractivity contribution in [3.8, 4) is 0 Å². The first-order valence-corrected chi connectivity index (χ1v) is 8.31. The van der Waals surface area contributed by atoms with E-state index in [-0.39, 0.29) is 11.8 Å². The fraction of sp³-hybridized carbons (Fsp3) is 0.875. The Bertz CT molecular complexity index is 365. The van der Waals surface area contributed by atoms with Crippen molar-refractivity contribution in [2.24, 2.45) is 17.8 Å². The van der Waals surface area contributed by atoms with Crippen LogP contribution >= 0.6 is 0 Å². The summed E-state index contributed by atoms with van der Waals surface area (Å²) in [6.45, 7) is 6.02. The van der Waals surface area contributed by atoms with Crippen LogP contribution in [0.4, 0.5) is 0 Å². The Balaban J connectivity index is 1.72. The van der Waals surface area contributed by atoms with Gasteiger partial charge in [0.15, 0.2) is 0 Å². The van der Waals surface area contributed by atoms with Crippen molar-refractivity contribution in [2.75, 3.05) is 26.2 Å². The van der Waals surface area contributed by atoms with Gasteiger partial charge in [0.1, 0.15) is 0 Å². The molecule has 0 aromatic carbocycles. The van der Waals surface area contributed by atoms with E-state index >= 15 is 0 Å². The van der Waals surface area contributed by atoms with E-state index in [0.717, 1.165) is 38.4 Å². The van der Waals surface area contributed by atoms with Gasteiger partial charge in [-0.25, -0.2) is 0 Å². The van der Waals surface area contributed by atoms with E-state index in [4.69, 9.17) is 0 Å². The number of rotatable bonds is 5. The minimum atomic E-state index is -0.820. The number of likely N-dealkylation sites (tertiary alicyclic amines) is 1. The third-order valence-electron chi connectivity index (χ3n) is 5.02. The predicted octanol–water partition coefficient (Wildman–Crippen LogP) is 1.73. The number of hydrogen-bond acceptors (Lipinski definition) is 3. The molecule has 0 aromatic heterocycles. The standard InChI is InChI=1S/C16H28N2O3/c1-12-6-9-18(10-7-12)11-8-17-15(19)13-4-2-3-5-14(13)16(20)21/h12-14H,2-11H2,1H3,(H,17,19)(H,20,21). The third-order valence-corrected chi connectivity index (χ3v) is 5.02. The zero-order valence-electron chi connectivity index (χ0n) is 13.0. The summed E-state index contributed by atoms with van der Waals surface area (Å²) in [7, 11) is 0. The molecule has 1 saturated heterocycles. The van der Waals surface area contributed by atoms with Crippen LogP contribution in [0.5, 0.6) is 0 Å². The molecule has 5 heteroatoms.